The van der Waals surface area contributed by atoms with Crippen LogP contribution in [-0.4, -0.2) is 110 Å². The summed E-state index contributed by atoms with van der Waals surface area (Å²) in [6.07, 6.45) is -9.88. The summed E-state index contributed by atoms with van der Waals surface area (Å²) >= 11 is 0. The maximum absolute atomic E-state index is 13.5. The van der Waals surface area contributed by atoms with Crippen molar-refractivity contribution in [2.75, 3.05) is 20.3 Å². The van der Waals surface area contributed by atoms with E-state index in [2.05, 4.69) is 0 Å². The van der Waals surface area contributed by atoms with E-state index >= 15 is 0 Å². The number of ether oxygens (including phenoxy) is 9. The molecule has 16 nitrogen and oxygen atoms in total. The zero-order valence-electron chi connectivity index (χ0n) is 49.9. The molecule has 93 heavy (non-hydrogen) atoms. The van der Waals surface area contributed by atoms with E-state index in [-0.39, 0.29) is 24.3 Å². The second-order valence-electron chi connectivity index (χ2n) is 22.4. The van der Waals surface area contributed by atoms with E-state index in [1.165, 1.54) is 7.11 Å². The van der Waals surface area contributed by atoms with Gasteiger partial charge >= 0.3 is 35.8 Å². The van der Waals surface area contributed by atoms with Crippen LogP contribution in [0.3, 0.4) is 0 Å². The van der Waals surface area contributed by atoms with Crippen molar-refractivity contribution in [1.29, 1.82) is 0 Å². The molecule has 462 valence electrons. The molecule has 2 aliphatic rings. The van der Waals surface area contributed by atoms with Gasteiger partial charge in [0.25, 0.3) is 0 Å². The van der Waals surface area contributed by atoms with Gasteiger partial charge in [-0.3, -0.25) is 0 Å². The van der Waals surface area contributed by atoms with Gasteiger partial charge in [0.1, 0.15) is 25.4 Å². The van der Waals surface area contributed by atoms with Crippen LogP contribution >= 0.6 is 0 Å². The van der Waals surface area contributed by atoms with Gasteiger partial charge in [0.2, 0.25) is 0 Å². The lowest BCUT2D eigenvalue weighted by atomic mass is 10.1. The number of carbonyl (C=O) groups is 6. The molecule has 0 amide bonds. The molecule has 1 N–H and O–H groups in total. The Morgan fingerprint density at radius 1 is 0.301 bits per heavy atom. The minimum Gasteiger partial charge on any atom is -0.459 e. The summed E-state index contributed by atoms with van der Waals surface area (Å²) in [5.41, 5.74) is 1.79. The Balaban J connectivity index is 0.000000169. The number of methoxy groups -OCH3 is 1. The summed E-state index contributed by atoms with van der Waals surface area (Å²) in [5.74, 6) is -3.96. The van der Waals surface area contributed by atoms with Crippen LogP contribution in [0.5, 0.6) is 0 Å². The van der Waals surface area contributed by atoms with Crippen molar-refractivity contribution >= 4 is 100 Å². The maximum atomic E-state index is 13.5. The monoisotopic (exact) mass is 1240 g/mol. The third-order valence-corrected chi connectivity index (χ3v) is 16.4. The van der Waals surface area contributed by atoms with E-state index in [9.17, 15) is 33.9 Å². The van der Waals surface area contributed by atoms with Crippen molar-refractivity contribution in [3.05, 3.63) is 288 Å². The minimum absolute atomic E-state index is 0.247. The van der Waals surface area contributed by atoms with E-state index < -0.39 is 85.0 Å². The number of hydrogen-bond donors (Lipinski definition) is 1. The fourth-order valence-corrected chi connectivity index (χ4v) is 11.5. The molecule has 12 aromatic rings. The fourth-order valence-electron chi connectivity index (χ4n) is 11.5. The van der Waals surface area contributed by atoms with Gasteiger partial charge in [0, 0.05) is 7.11 Å². The molecule has 0 bridgehead atoms. The summed E-state index contributed by atoms with van der Waals surface area (Å²) in [5, 5.41) is 21.8. The molecule has 2 unspecified atom stereocenters. The first kappa shape index (κ1) is 60.8. The normalized spacial score (nSPS) is 19.2. The third kappa shape index (κ3) is 13.5. The number of rotatable bonds is 15. The minimum atomic E-state index is -1.65. The summed E-state index contributed by atoms with van der Waals surface area (Å²) in [6, 6.07) is 76.8. The number of aliphatic hydroxyl groups is 1. The van der Waals surface area contributed by atoms with Crippen molar-refractivity contribution in [3.63, 3.8) is 0 Å². The second-order valence-corrected chi connectivity index (χ2v) is 22.4. The molecule has 2 heterocycles. The summed E-state index contributed by atoms with van der Waals surface area (Å²) in [7, 11) is 1.40. The molecular weight excluding hydrogens is 1180 g/mol. The molecule has 0 radical (unpaired) electrons. The number of carbonyl (C=O) groups excluding carboxylic acids is 6. The average molecular weight is 1240 g/mol. The fraction of sp³-hybridized carbons (Fsp3) is 0.143. The molecule has 0 aliphatic carbocycles. The van der Waals surface area contributed by atoms with Gasteiger partial charge in [0.05, 0.1) is 33.4 Å². The molecule has 0 saturated carbocycles. The van der Waals surface area contributed by atoms with Gasteiger partial charge in [-0.15, -0.1) is 0 Å². The molecule has 12 aromatic carbocycles. The molecule has 2 aliphatic heterocycles. The van der Waals surface area contributed by atoms with Crippen LogP contribution in [0.4, 0.5) is 0 Å². The Labute approximate surface area is 532 Å². The smallest absolute Gasteiger partial charge is 0.338 e. The van der Waals surface area contributed by atoms with E-state index in [0.29, 0.717) is 22.3 Å². The Hall–Kier alpha value is -11.1. The SMILES string of the molecule is COC1O[C@@H](COC(=O)c2ccc3ccccc3c2)[C@H](OC(=O)c2ccc3ccccc3c2)[C@H]1OC(=O)c1ccc2ccccc2c1.O=C(OC[C@@H]1OC(O)[C@H](OC(=O)c2ccc3ccccc3c2)[C@H]1OC(=O)c1ccc2ccccc2c1)c1ccc2ccccc2c1. The molecule has 14 rings (SSSR count). The first-order valence-electron chi connectivity index (χ1n) is 30.0. The molecule has 0 spiro atoms. The summed E-state index contributed by atoms with van der Waals surface area (Å²) < 4.78 is 52.0. The highest BCUT2D eigenvalue weighted by atomic mass is 16.7. The average Bonchev–Trinajstić information content (AvgIpc) is 1.80. The number of benzene rings is 12. The molecule has 8 atom stereocenters. The van der Waals surface area contributed by atoms with Crippen LogP contribution in [0.25, 0.3) is 64.6 Å². The lowest BCUT2D eigenvalue weighted by Crippen LogP contribution is -2.42. The van der Waals surface area contributed by atoms with Gasteiger partial charge in [-0.2, -0.15) is 0 Å². The van der Waals surface area contributed by atoms with Gasteiger partial charge < -0.3 is 47.7 Å². The molecular formula is C77H58O16. The highest BCUT2D eigenvalue weighted by molar-refractivity contribution is 6.00. The van der Waals surface area contributed by atoms with E-state index in [1.54, 1.807) is 84.9 Å². The van der Waals surface area contributed by atoms with Crippen molar-refractivity contribution in [2.24, 2.45) is 0 Å². The predicted molar refractivity (Wildman–Crippen MR) is 348 cm³/mol. The third-order valence-electron chi connectivity index (χ3n) is 16.4. The number of esters is 6. The lowest BCUT2D eigenvalue weighted by Gasteiger charge is -2.24. The Bertz CT molecular complexity index is 4830. The van der Waals surface area contributed by atoms with Gasteiger partial charge in [-0.1, -0.05) is 182 Å². The van der Waals surface area contributed by atoms with Crippen LogP contribution < -0.4 is 0 Å². The zero-order chi connectivity index (χ0) is 64.0. The quantitative estimate of drug-likeness (QED) is 0.0748. The molecule has 16 heteroatoms. The van der Waals surface area contributed by atoms with Crippen molar-refractivity contribution < 1.29 is 76.5 Å². The Kier molecular flexibility index (Phi) is 17.7. The molecule has 2 fully saturated rings. The molecule has 2 saturated heterocycles. The number of hydrogen-bond acceptors (Lipinski definition) is 16. The van der Waals surface area contributed by atoms with Crippen molar-refractivity contribution in [3.8, 4) is 0 Å². The van der Waals surface area contributed by atoms with E-state index in [0.717, 1.165) is 64.6 Å². The molecule has 0 aromatic heterocycles. The highest BCUT2D eigenvalue weighted by Gasteiger charge is 2.52. The lowest BCUT2D eigenvalue weighted by molar-refractivity contribution is -0.155. The maximum Gasteiger partial charge on any atom is 0.338 e. The van der Waals surface area contributed by atoms with Gasteiger partial charge in [-0.25, -0.2) is 28.8 Å². The van der Waals surface area contributed by atoms with Crippen LogP contribution in [0, 0.1) is 0 Å². The van der Waals surface area contributed by atoms with Crippen LogP contribution in [-0.2, 0) is 42.6 Å². The van der Waals surface area contributed by atoms with Crippen LogP contribution in [0.2, 0.25) is 0 Å². The predicted octanol–water partition coefficient (Wildman–Crippen LogP) is 13.6. The first-order valence-corrected chi connectivity index (χ1v) is 30.0. The highest BCUT2D eigenvalue weighted by Crippen LogP contribution is 2.33. The Morgan fingerprint density at radius 2 is 0.538 bits per heavy atom. The largest absolute Gasteiger partial charge is 0.459 e. The van der Waals surface area contributed by atoms with Crippen molar-refractivity contribution in [2.45, 2.75) is 49.2 Å². The second kappa shape index (κ2) is 27.1. The van der Waals surface area contributed by atoms with Gasteiger partial charge in [0.15, 0.2) is 37.0 Å². The number of fused-ring (bicyclic) bond motifs is 6. The van der Waals surface area contributed by atoms with Gasteiger partial charge in [-0.05, 0) is 137 Å². The summed E-state index contributed by atoms with van der Waals surface area (Å²) in [6.45, 7) is -0.659. The van der Waals surface area contributed by atoms with E-state index in [4.69, 9.17) is 42.6 Å². The van der Waals surface area contributed by atoms with Crippen LogP contribution in [0.15, 0.2) is 255 Å². The zero-order valence-corrected chi connectivity index (χ0v) is 49.9. The first-order chi connectivity index (χ1) is 45.4. The number of aliphatic hydroxyl groups excluding tert-OH is 1. The standard InChI is InChI=1S/C39H30O8.C38H28O8/c1-43-39-35(47-38(42)32-19-16-26-10-4-7-13-29(26)22-32)34(46-37(41)31-18-15-25-9-3-6-12-28(25)21-31)33(45-39)23-44-36(40)30-17-14-24-8-2-5-11-27(24)20-30;39-35(29-16-13-23-7-1-4-10-26(23)19-29)43-22-32-33(45-36(40)30-17-14-24-8-2-5-11-27(24)20-30)34(38(42)44-32)46-37(41)31-18-15-25-9-3-6-12-28(25)21-31/h2-22,33-35,39H,23H2,1H3;1-21,32-34,38,42H,22H2/t33-,34-,35+,39?;32-,33-,34+,38?/m00/s1. The van der Waals surface area contributed by atoms with Crippen LogP contribution in [0.1, 0.15) is 62.1 Å². The topological polar surface area (TPSA) is 206 Å². The Morgan fingerprint density at radius 3 is 0.828 bits per heavy atom. The summed E-state index contributed by atoms with van der Waals surface area (Å²) in [4.78, 5) is 79.9. The van der Waals surface area contributed by atoms with E-state index in [1.807, 2.05) is 170 Å². The van der Waals surface area contributed by atoms with Crippen molar-refractivity contribution in [1.82, 2.24) is 0 Å².